The minimum Gasteiger partial charge on any atom is -0.337 e. The van der Waals surface area contributed by atoms with Crippen LogP contribution in [-0.2, 0) is 9.59 Å². The first-order chi connectivity index (χ1) is 9.95. The lowest BCUT2D eigenvalue weighted by Crippen LogP contribution is -2.53. The van der Waals surface area contributed by atoms with Gasteiger partial charge < -0.3 is 15.1 Å². The Morgan fingerprint density at radius 1 is 1.43 bits per heavy atom. The molecule has 1 saturated heterocycles. The molecule has 1 aromatic heterocycles. The van der Waals surface area contributed by atoms with E-state index in [0.717, 1.165) is 11.5 Å². The average Bonchev–Trinajstić information content (AvgIpc) is 2.72. The summed E-state index contributed by atoms with van der Waals surface area (Å²) < 4.78 is 0. The molecule has 2 heterocycles. The zero-order valence-electron chi connectivity index (χ0n) is 12.6. The first kappa shape index (κ1) is 15.7. The van der Waals surface area contributed by atoms with Gasteiger partial charge in [-0.05, 0) is 33.2 Å². The average molecular weight is 307 g/mol. The SMILES string of the molecule is Cc1ccc(NC(=O)C2CN(C(=O)/C=C/CN(C)C)C2)s1. The van der Waals surface area contributed by atoms with Crippen molar-refractivity contribution in [1.29, 1.82) is 0 Å². The summed E-state index contributed by atoms with van der Waals surface area (Å²) in [6.07, 6.45) is 3.42. The van der Waals surface area contributed by atoms with E-state index in [-0.39, 0.29) is 17.7 Å². The molecular weight excluding hydrogens is 286 g/mol. The molecule has 0 saturated carbocycles. The predicted molar refractivity (Wildman–Crippen MR) is 85.4 cm³/mol. The molecule has 114 valence electrons. The number of nitrogens with one attached hydrogen (secondary N) is 1. The van der Waals surface area contributed by atoms with E-state index in [1.165, 1.54) is 4.88 Å². The van der Waals surface area contributed by atoms with Gasteiger partial charge in [-0.15, -0.1) is 11.3 Å². The Kier molecular flexibility index (Phi) is 5.14. The first-order valence-corrected chi connectivity index (χ1v) is 7.75. The number of anilines is 1. The molecule has 2 amide bonds. The highest BCUT2D eigenvalue weighted by atomic mass is 32.1. The Balaban J connectivity index is 1.74. The third kappa shape index (κ3) is 4.41. The Morgan fingerprint density at radius 3 is 2.71 bits per heavy atom. The van der Waals surface area contributed by atoms with Crippen LogP contribution < -0.4 is 5.32 Å². The van der Waals surface area contributed by atoms with Crippen molar-refractivity contribution in [3.05, 3.63) is 29.2 Å². The van der Waals surface area contributed by atoms with Gasteiger partial charge in [0.15, 0.2) is 0 Å². The van der Waals surface area contributed by atoms with Gasteiger partial charge in [0.25, 0.3) is 0 Å². The molecule has 0 aliphatic carbocycles. The van der Waals surface area contributed by atoms with Gasteiger partial charge in [0.05, 0.1) is 10.9 Å². The lowest BCUT2D eigenvalue weighted by molar-refractivity contribution is -0.137. The highest BCUT2D eigenvalue weighted by Crippen LogP contribution is 2.23. The Bertz CT molecular complexity index is 545. The van der Waals surface area contributed by atoms with Crippen LogP contribution in [0.15, 0.2) is 24.3 Å². The number of nitrogens with zero attached hydrogens (tertiary/aromatic N) is 2. The van der Waals surface area contributed by atoms with Crippen LogP contribution in [0.25, 0.3) is 0 Å². The molecule has 5 nitrogen and oxygen atoms in total. The van der Waals surface area contributed by atoms with Gasteiger partial charge in [0.2, 0.25) is 11.8 Å². The topological polar surface area (TPSA) is 52.7 Å². The van der Waals surface area contributed by atoms with E-state index in [4.69, 9.17) is 0 Å². The molecule has 1 aliphatic rings. The fourth-order valence-corrected chi connectivity index (χ4v) is 2.79. The molecule has 0 unspecified atom stereocenters. The highest BCUT2D eigenvalue weighted by Gasteiger charge is 2.34. The zero-order chi connectivity index (χ0) is 15.4. The maximum atomic E-state index is 12.0. The van der Waals surface area contributed by atoms with Gasteiger partial charge in [0, 0.05) is 30.6 Å². The molecule has 6 heteroatoms. The summed E-state index contributed by atoms with van der Waals surface area (Å²) in [5.74, 6) is -0.121. The first-order valence-electron chi connectivity index (χ1n) is 6.93. The molecule has 0 radical (unpaired) electrons. The van der Waals surface area contributed by atoms with Crippen LogP contribution in [0.2, 0.25) is 0 Å². The van der Waals surface area contributed by atoms with Gasteiger partial charge in [-0.3, -0.25) is 9.59 Å². The second kappa shape index (κ2) is 6.87. The molecule has 1 N–H and O–H groups in total. The van der Waals surface area contributed by atoms with Crippen molar-refractivity contribution >= 4 is 28.2 Å². The van der Waals surface area contributed by atoms with E-state index < -0.39 is 0 Å². The van der Waals surface area contributed by atoms with Crippen molar-refractivity contribution in [2.75, 3.05) is 39.0 Å². The summed E-state index contributed by atoms with van der Waals surface area (Å²) in [5.41, 5.74) is 0. The number of carbonyl (C=O) groups is 2. The highest BCUT2D eigenvalue weighted by molar-refractivity contribution is 7.16. The molecule has 0 spiro atoms. The maximum absolute atomic E-state index is 12.0. The fraction of sp³-hybridized carbons (Fsp3) is 0.467. The summed E-state index contributed by atoms with van der Waals surface area (Å²) in [5, 5.41) is 3.77. The largest absolute Gasteiger partial charge is 0.337 e. The van der Waals surface area contributed by atoms with Gasteiger partial charge in [-0.25, -0.2) is 0 Å². The number of thiophene rings is 1. The van der Waals surface area contributed by atoms with E-state index in [9.17, 15) is 9.59 Å². The molecule has 1 aromatic rings. The molecule has 2 rings (SSSR count). The Labute approximate surface area is 129 Å². The quantitative estimate of drug-likeness (QED) is 0.840. The maximum Gasteiger partial charge on any atom is 0.246 e. The van der Waals surface area contributed by atoms with Crippen LogP contribution in [-0.4, -0.2) is 55.3 Å². The van der Waals surface area contributed by atoms with E-state index in [2.05, 4.69) is 5.32 Å². The van der Waals surface area contributed by atoms with E-state index in [1.54, 1.807) is 22.3 Å². The van der Waals surface area contributed by atoms with Crippen molar-refractivity contribution in [3.63, 3.8) is 0 Å². The number of hydrogen-bond acceptors (Lipinski definition) is 4. The lowest BCUT2D eigenvalue weighted by Gasteiger charge is -2.37. The molecule has 1 fully saturated rings. The van der Waals surface area contributed by atoms with Gasteiger partial charge >= 0.3 is 0 Å². The van der Waals surface area contributed by atoms with Crippen molar-refractivity contribution in [2.45, 2.75) is 6.92 Å². The van der Waals surface area contributed by atoms with Gasteiger partial charge in [-0.1, -0.05) is 6.08 Å². The van der Waals surface area contributed by atoms with Crippen LogP contribution in [0.4, 0.5) is 5.00 Å². The Hall–Kier alpha value is -1.66. The molecule has 1 aliphatic heterocycles. The number of rotatable bonds is 5. The van der Waals surface area contributed by atoms with Gasteiger partial charge in [-0.2, -0.15) is 0 Å². The summed E-state index contributed by atoms with van der Waals surface area (Å²) in [7, 11) is 3.90. The van der Waals surface area contributed by atoms with Crippen LogP contribution in [0.5, 0.6) is 0 Å². The molecule has 0 bridgehead atoms. The number of likely N-dealkylation sites (tertiary alicyclic amines) is 1. The fourth-order valence-electron chi connectivity index (χ4n) is 2.02. The Morgan fingerprint density at radius 2 is 2.14 bits per heavy atom. The van der Waals surface area contributed by atoms with E-state index >= 15 is 0 Å². The van der Waals surface area contributed by atoms with Crippen LogP contribution >= 0.6 is 11.3 Å². The lowest BCUT2D eigenvalue weighted by atomic mass is 9.99. The van der Waals surface area contributed by atoms with Crippen molar-refractivity contribution < 1.29 is 9.59 Å². The smallest absolute Gasteiger partial charge is 0.246 e. The summed E-state index contributed by atoms with van der Waals surface area (Å²) in [6.45, 7) is 3.74. The minimum absolute atomic E-state index is 0.00169. The predicted octanol–water partition coefficient (Wildman–Crippen LogP) is 1.57. The minimum atomic E-state index is -0.0985. The molecule has 0 aromatic carbocycles. The standard InChI is InChI=1S/C15H21N3O2S/c1-11-6-7-13(21-11)16-15(20)12-9-18(10-12)14(19)5-4-8-17(2)3/h4-7,12H,8-10H2,1-3H3,(H,16,20)/b5-4+. The van der Waals surface area contributed by atoms with E-state index in [1.807, 2.05) is 44.1 Å². The van der Waals surface area contributed by atoms with Crippen LogP contribution in [0, 0.1) is 12.8 Å². The molecule has 0 atom stereocenters. The number of aryl methyl sites for hydroxylation is 1. The number of hydrogen-bond donors (Lipinski definition) is 1. The van der Waals surface area contributed by atoms with Crippen LogP contribution in [0.1, 0.15) is 4.88 Å². The second-order valence-electron chi connectivity index (χ2n) is 5.50. The monoisotopic (exact) mass is 307 g/mol. The number of carbonyl (C=O) groups excluding carboxylic acids is 2. The summed E-state index contributed by atoms with van der Waals surface area (Å²) in [6, 6.07) is 3.88. The van der Waals surface area contributed by atoms with Crippen molar-refractivity contribution in [3.8, 4) is 0 Å². The third-order valence-electron chi connectivity index (χ3n) is 3.28. The number of likely N-dealkylation sites (N-methyl/N-ethyl adjacent to an activating group) is 1. The number of amides is 2. The third-order valence-corrected chi connectivity index (χ3v) is 4.20. The van der Waals surface area contributed by atoms with Crippen LogP contribution in [0.3, 0.4) is 0 Å². The summed E-state index contributed by atoms with van der Waals surface area (Å²) in [4.78, 5) is 28.7. The molecule has 21 heavy (non-hydrogen) atoms. The second-order valence-corrected chi connectivity index (χ2v) is 6.79. The zero-order valence-corrected chi connectivity index (χ0v) is 13.4. The summed E-state index contributed by atoms with van der Waals surface area (Å²) >= 11 is 1.56. The van der Waals surface area contributed by atoms with Crippen molar-refractivity contribution in [2.24, 2.45) is 5.92 Å². The van der Waals surface area contributed by atoms with Gasteiger partial charge in [0.1, 0.15) is 0 Å². The molecular formula is C15H21N3O2S. The normalized spacial score (nSPS) is 15.5. The van der Waals surface area contributed by atoms with E-state index in [0.29, 0.717) is 13.1 Å². The van der Waals surface area contributed by atoms with Crippen molar-refractivity contribution in [1.82, 2.24) is 9.80 Å².